The number of methoxy groups -OCH3 is 1. The Morgan fingerprint density at radius 2 is 2.25 bits per heavy atom. The van der Waals surface area contributed by atoms with Crippen LogP contribution in [-0.4, -0.2) is 43.9 Å². The number of hydrogen-bond donors (Lipinski definition) is 1. The molecule has 2 rings (SSSR count). The highest BCUT2D eigenvalue weighted by molar-refractivity contribution is 5.28. The third-order valence-corrected chi connectivity index (χ3v) is 4.04. The van der Waals surface area contributed by atoms with Gasteiger partial charge in [0.2, 0.25) is 0 Å². The molecule has 20 heavy (non-hydrogen) atoms. The van der Waals surface area contributed by atoms with E-state index >= 15 is 0 Å². The van der Waals surface area contributed by atoms with E-state index in [4.69, 9.17) is 15.2 Å². The maximum Gasteiger partial charge on any atom is 0.119 e. The van der Waals surface area contributed by atoms with Gasteiger partial charge in [0, 0.05) is 26.7 Å². The highest BCUT2D eigenvalue weighted by Crippen LogP contribution is 2.23. The van der Waals surface area contributed by atoms with E-state index in [1.807, 2.05) is 24.3 Å². The number of likely N-dealkylation sites (tertiary alicyclic amines) is 1. The Balaban J connectivity index is 1.77. The summed E-state index contributed by atoms with van der Waals surface area (Å²) in [6, 6.07) is 7.99. The van der Waals surface area contributed by atoms with Crippen molar-refractivity contribution in [2.24, 2.45) is 5.73 Å². The van der Waals surface area contributed by atoms with Gasteiger partial charge < -0.3 is 15.2 Å². The van der Waals surface area contributed by atoms with E-state index in [0.717, 1.165) is 37.4 Å². The Morgan fingerprint density at radius 1 is 1.40 bits per heavy atom. The number of piperidine rings is 1. The maximum atomic E-state index is 5.82. The molecule has 0 aromatic heterocycles. The van der Waals surface area contributed by atoms with Gasteiger partial charge in [-0.1, -0.05) is 12.1 Å². The molecule has 0 aliphatic carbocycles. The van der Waals surface area contributed by atoms with Gasteiger partial charge in [0.15, 0.2) is 0 Å². The minimum atomic E-state index is -0.00227. The number of rotatable bonds is 6. The van der Waals surface area contributed by atoms with E-state index in [1.54, 1.807) is 7.11 Å². The quantitative estimate of drug-likeness (QED) is 0.865. The first kappa shape index (κ1) is 15.3. The molecule has 1 fully saturated rings. The van der Waals surface area contributed by atoms with Crippen molar-refractivity contribution >= 4 is 0 Å². The molecule has 0 saturated carbocycles. The molecule has 2 N–H and O–H groups in total. The molecule has 1 aromatic carbocycles. The first-order valence-corrected chi connectivity index (χ1v) is 7.34. The molecule has 4 nitrogen and oxygen atoms in total. The van der Waals surface area contributed by atoms with Gasteiger partial charge in [0.25, 0.3) is 0 Å². The maximum absolute atomic E-state index is 5.82. The Morgan fingerprint density at radius 3 is 3.00 bits per heavy atom. The SMILES string of the molecule is COC1(C)CCCN(CCOc2cccc(CN)c2)C1. The van der Waals surface area contributed by atoms with Crippen molar-refractivity contribution in [1.29, 1.82) is 0 Å². The van der Waals surface area contributed by atoms with Crippen LogP contribution in [0.25, 0.3) is 0 Å². The molecule has 1 atom stereocenters. The van der Waals surface area contributed by atoms with Crippen LogP contribution in [0, 0.1) is 0 Å². The van der Waals surface area contributed by atoms with Crippen LogP contribution in [0.5, 0.6) is 5.75 Å². The lowest BCUT2D eigenvalue weighted by atomic mass is 9.95. The van der Waals surface area contributed by atoms with Gasteiger partial charge in [-0.3, -0.25) is 4.90 Å². The number of ether oxygens (including phenoxy) is 2. The molecule has 0 amide bonds. The van der Waals surface area contributed by atoms with Crippen molar-refractivity contribution < 1.29 is 9.47 Å². The average Bonchev–Trinajstić information content (AvgIpc) is 2.48. The fraction of sp³-hybridized carbons (Fsp3) is 0.625. The molecule has 1 heterocycles. The van der Waals surface area contributed by atoms with Crippen molar-refractivity contribution in [2.45, 2.75) is 31.9 Å². The summed E-state index contributed by atoms with van der Waals surface area (Å²) in [6.07, 6.45) is 2.33. The molecule has 4 heteroatoms. The monoisotopic (exact) mass is 278 g/mol. The lowest BCUT2D eigenvalue weighted by Gasteiger charge is -2.39. The fourth-order valence-corrected chi connectivity index (χ4v) is 2.72. The molecule has 112 valence electrons. The second-order valence-electron chi connectivity index (χ2n) is 5.73. The van der Waals surface area contributed by atoms with Crippen LogP contribution in [0.3, 0.4) is 0 Å². The molecule has 0 bridgehead atoms. The summed E-state index contributed by atoms with van der Waals surface area (Å²) < 4.78 is 11.4. The lowest BCUT2D eigenvalue weighted by molar-refractivity contribution is -0.0524. The van der Waals surface area contributed by atoms with E-state index in [0.29, 0.717) is 13.2 Å². The van der Waals surface area contributed by atoms with Crippen molar-refractivity contribution in [3.8, 4) is 5.75 Å². The third kappa shape index (κ3) is 4.20. The summed E-state index contributed by atoms with van der Waals surface area (Å²) >= 11 is 0. The summed E-state index contributed by atoms with van der Waals surface area (Å²) in [6.45, 7) is 6.49. The van der Waals surface area contributed by atoms with E-state index in [1.165, 1.54) is 6.42 Å². The van der Waals surface area contributed by atoms with E-state index in [2.05, 4.69) is 11.8 Å². The van der Waals surface area contributed by atoms with Crippen molar-refractivity contribution in [1.82, 2.24) is 4.90 Å². The van der Waals surface area contributed by atoms with Gasteiger partial charge in [0.1, 0.15) is 12.4 Å². The highest BCUT2D eigenvalue weighted by atomic mass is 16.5. The predicted molar refractivity (Wildman–Crippen MR) is 80.9 cm³/mol. The summed E-state index contributed by atoms with van der Waals surface area (Å²) in [5.74, 6) is 0.902. The number of benzene rings is 1. The molecule has 1 unspecified atom stereocenters. The van der Waals surface area contributed by atoms with Gasteiger partial charge >= 0.3 is 0 Å². The lowest BCUT2D eigenvalue weighted by Crippen LogP contribution is -2.48. The Kier molecular flexibility index (Phi) is 5.40. The summed E-state index contributed by atoms with van der Waals surface area (Å²) in [7, 11) is 1.80. The summed E-state index contributed by atoms with van der Waals surface area (Å²) in [4.78, 5) is 2.42. The van der Waals surface area contributed by atoms with Crippen LogP contribution in [0.15, 0.2) is 24.3 Å². The second kappa shape index (κ2) is 7.07. The molecule has 1 aliphatic heterocycles. The standard InChI is InChI=1S/C16H26N2O2/c1-16(19-2)7-4-8-18(13-16)9-10-20-15-6-3-5-14(11-15)12-17/h3,5-6,11H,4,7-10,12-13,17H2,1-2H3. The van der Waals surface area contributed by atoms with Crippen LogP contribution >= 0.6 is 0 Å². The van der Waals surface area contributed by atoms with Gasteiger partial charge in [-0.05, 0) is 44.0 Å². The first-order valence-electron chi connectivity index (χ1n) is 7.34. The zero-order chi connectivity index (χ0) is 14.4. The molecule has 0 radical (unpaired) electrons. The summed E-state index contributed by atoms with van der Waals surface area (Å²) in [5, 5.41) is 0. The van der Waals surface area contributed by atoms with Crippen LogP contribution < -0.4 is 10.5 Å². The zero-order valence-electron chi connectivity index (χ0n) is 12.6. The molecule has 0 spiro atoms. The molecular formula is C16H26N2O2. The minimum absolute atomic E-state index is 0.00227. The van der Waals surface area contributed by atoms with Crippen molar-refractivity contribution in [2.75, 3.05) is 33.4 Å². The fourth-order valence-electron chi connectivity index (χ4n) is 2.72. The highest BCUT2D eigenvalue weighted by Gasteiger charge is 2.30. The Labute approximate surface area is 121 Å². The number of hydrogen-bond acceptors (Lipinski definition) is 4. The van der Waals surface area contributed by atoms with E-state index in [9.17, 15) is 0 Å². The molecular weight excluding hydrogens is 252 g/mol. The van der Waals surface area contributed by atoms with E-state index in [-0.39, 0.29) is 5.60 Å². The second-order valence-corrected chi connectivity index (χ2v) is 5.73. The van der Waals surface area contributed by atoms with Gasteiger partial charge in [-0.15, -0.1) is 0 Å². The van der Waals surface area contributed by atoms with Gasteiger partial charge in [-0.2, -0.15) is 0 Å². The normalized spacial score (nSPS) is 23.8. The zero-order valence-corrected chi connectivity index (χ0v) is 12.6. The van der Waals surface area contributed by atoms with Gasteiger partial charge in [-0.25, -0.2) is 0 Å². The molecule has 1 saturated heterocycles. The Bertz CT molecular complexity index is 425. The average molecular weight is 278 g/mol. The van der Waals surface area contributed by atoms with Crippen LogP contribution in [0.2, 0.25) is 0 Å². The largest absolute Gasteiger partial charge is 0.492 e. The third-order valence-electron chi connectivity index (χ3n) is 4.04. The van der Waals surface area contributed by atoms with E-state index < -0.39 is 0 Å². The van der Waals surface area contributed by atoms with Crippen LogP contribution in [-0.2, 0) is 11.3 Å². The van der Waals surface area contributed by atoms with Crippen molar-refractivity contribution in [3.05, 3.63) is 29.8 Å². The smallest absolute Gasteiger partial charge is 0.119 e. The van der Waals surface area contributed by atoms with Crippen LogP contribution in [0.1, 0.15) is 25.3 Å². The Hall–Kier alpha value is -1.10. The topological polar surface area (TPSA) is 47.7 Å². The summed E-state index contributed by atoms with van der Waals surface area (Å²) in [5.41, 5.74) is 6.73. The minimum Gasteiger partial charge on any atom is -0.492 e. The van der Waals surface area contributed by atoms with Crippen LogP contribution in [0.4, 0.5) is 0 Å². The molecule has 1 aromatic rings. The number of nitrogens with two attached hydrogens (primary N) is 1. The predicted octanol–water partition coefficient (Wildman–Crippen LogP) is 2.02. The van der Waals surface area contributed by atoms with Crippen molar-refractivity contribution in [3.63, 3.8) is 0 Å². The molecule has 1 aliphatic rings. The first-order chi connectivity index (χ1) is 9.65. The number of nitrogens with zero attached hydrogens (tertiary/aromatic N) is 1. The van der Waals surface area contributed by atoms with Gasteiger partial charge in [0.05, 0.1) is 5.60 Å².